The van der Waals surface area contributed by atoms with Gasteiger partial charge in [0.25, 0.3) is 0 Å². The van der Waals surface area contributed by atoms with E-state index in [-0.39, 0.29) is 6.10 Å². The number of carboxylic acids is 1. The first-order valence-corrected chi connectivity index (χ1v) is 20.4. The number of rotatable bonds is 18. The summed E-state index contributed by atoms with van der Waals surface area (Å²) in [7, 11) is 0. The van der Waals surface area contributed by atoms with Crippen molar-refractivity contribution in [1.82, 2.24) is 0 Å². The van der Waals surface area contributed by atoms with E-state index < -0.39 is 5.97 Å². The highest BCUT2D eigenvalue weighted by Crippen LogP contribution is 2.66. The zero-order valence-electron chi connectivity index (χ0n) is 32.0. The van der Waals surface area contributed by atoms with Gasteiger partial charge in [0, 0.05) is 6.42 Å². The van der Waals surface area contributed by atoms with E-state index in [4.69, 9.17) is 5.11 Å². The van der Waals surface area contributed by atoms with Crippen molar-refractivity contribution in [3.8, 4) is 0 Å². The van der Waals surface area contributed by atoms with E-state index in [1.54, 1.807) is 5.57 Å². The van der Waals surface area contributed by atoms with Crippen LogP contribution >= 0.6 is 0 Å². The molecule has 4 aliphatic rings. The van der Waals surface area contributed by atoms with Crippen LogP contribution in [0.5, 0.6) is 0 Å². The van der Waals surface area contributed by atoms with Crippen LogP contribution in [0.25, 0.3) is 0 Å². The van der Waals surface area contributed by atoms with Crippen molar-refractivity contribution in [2.45, 2.75) is 189 Å². The molecule has 3 heteroatoms. The Labute approximate surface area is 291 Å². The van der Waals surface area contributed by atoms with Gasteiger partial charge in [-0.2, -0.15) is 0 Å². The number of aliphatic carboxylic acids is 1. The molecule has 47 heavy (non-hydrogen) atoms. The third kappa shape index (κ3) is 11.3. The summed E-state index contributed by atoms with van der Waals surface area (Å²) >= 11 is 0. The van der Waals surface area contributed by atoms with Gasteiger partial charge in [0.1, 0.15) is 0 Å². The standard InChI is InChI=1S/C28H44O.C16H32O2/c1-18(2)19(3)7-8-20(4)24-11-12-25-23-10-9-21-17-22(29)13-15-27(21,5)26(23)14-16-28(24,25)6;1-2-3-4-5-6-7-8-9-10-11-12-13-14-15-16(17)18/h7-10,18-20,22,24-26,29H,11-17H2,1-6H3;2-15H2,1H3,(H,17,18)/t19-,20+,22-,24+,25-,26+,27+,28+;/m0./s1. The number of carbonyl (C=O) groups is 1. The van der Waals surface area contributed by atoms with Crippen LogP contribution in [-0.4, -0.2) is 22.3 Å². The fourth-order valence-electron chi connectivity index (χ4n) is 9.89. The van der Waals surface area contributed by atoms with Crippen LogP contribution in [0.15, 0.2) is 35.5 Å². The number of hydrogen-bond donors (Lipinski definition) is 2. The van der Waals surface area contributed by atoms with E-state index >= 15 is 0 Å². The molecule has 0 radical (unpaired) electrons. The van der Waals surface area contributed by atoms with E-state index in [0.29, 0.717) is 29.1 Å². The third-order valence-electron chi connectivity index (χ3n) is 13.5. The summed E-state index contributed by atoms with van der Waals surface area (Å²) in [5.41, 5.74) is 4.07. The van der Waals surface area contributed by atoms with E-state index in [1.165, 1.54) is 108 Å². The second kappa shape index (κ2) is 19.7. The largest absolute Gasteiger partial charge is 0.481 e. The molecular formula is C44H76O3. The average Bonchev–Trinajstić information content (AvgIpc) is 3.39. The molecule has 3 nitrogen and oxygen atoms in total. The number of unbranched alkanes of at least 4 members (excludes halogenated alkanes) is 12. The first-order valence-electron chi connectivity index (χ1n) is 20.4. The van der Waals surface area contributed by atoms with Gasteiger partial charge in [0.2, 0.25) is 0 Å². The molecule has 4 rings (SSSR count). The van der Waals surface area contributed by atoms with Gasteiger partial charge in [-0.1, -0.05) is 161 Å². The minimum absolute atomic E-state index is 0.116. The van der Waals surface area contributed by atoms with Crippen LogP contribution < -0.4 is 0 Å². The average molecular weight is 653 g/mol. The van der Waals surface area contributed by atoms with Gasteiger partial charge >= 0.3 is 5.97 Å². The van der Waals surface area contributed by atoms with Crippen LogP contribution in [0.3, 0.4) is 0 Å². The number of aliphatic hydroxyl groups excluding tert-OH is 1. The number of carboxylic acid groups (broad SMARTS) is 1. The molecule has 0 bridgehead atoms. The van der Waals surface area contributed by atoms with E-state index in [2.05, 4.69) is 72.8 Å². The number of aliphatic hydroxyl groups is 1. The Hall–Kier alpha value is -1.35. The molecule has 0 aromatic rings. The minimum Gasteiger partial charge on any atom is -0.481 e. The van der Waals surface area contributed by atoms with Crippen molar-refractivity contribution in [1.29, 1.82) is 0 Å². The molecule has 0 saturated heterocycles. The Balaban J connectivity index is 0.000000290. The molecule has 0 unspecified atom stereocenters. The molecule has 0 aromatic carbocycles. The first-order chi connectivity index (χ1) is 22.4. The van der Waals surface area contributed by atoms with Crippen molar-refractivity contribution in [3.63, 3.8) is 0 Å². The molecule has 2 N–H and O–H groups in total. The summed E-state index contributed by atoms with van der Waals surface area (Å²) in [4.78, 5) is 10.3. The summed E-state index contributed by atoms with van der Waals surface area (Å²) < 4.78 is 0. The summed E-state index contributed by atoms with van der Waals surface area (Å²) in [6, 6.07) is 0. The van der Waals surface area contributed by atoms with Crippen LogP contribution in [0.2, 0.25) is 0 Å². The SMILES string of the molecule is CC(C)[C@@H](C)C=C[C@@H](C)[C@H]1CC[C@H]2C3=CC=C4C[C@@H](O)CC[C@@]4(C)[C@@H]3CC[C@]12C.CCCCCCCCCCCCCCCC(=O)O. The quantitative estimate of drug-likeness (QED) is 0.114. The highest BCUT2D eigenvalue weighted by atomic mass is 16.4. The molecule has 8 atom stereocenters. The van der Waals surface area contributed by atoms with Gasteiger partial charge in [-0.3, -0.25) is 4.79 Å². The number of fused-ring (bicyclic) bond motifs is 5. The van der Waals surface area contributed by atoms with E-state index in [0.717, 1.165) is 49.4 Å². The van der Waals surface area contributed by atoms with E-state index in [9.17, 15) is 9.90 Å². The van der Waals surface area contributed by atoms with Crippen molar-refractivity contribution in [2.24, 2.45) is 46.3 Å². The maximum absolute atomic E-state index is 10.3. The van der Waals surface area contributed by atoms with Gasteiger partial charge in [0.15, 0.2) is 0 Å². The minimum atomic E-state index is -0.655. The molecule has 0 heterocycles. The zero-order chi connectivity index (χ0) is 34.5. The zero-order valence-corrected chi connectivity index (χ0v) is 32.0. The molecule has 0 aliphatic heterocycles. The topological polar surface area (TPSA) is 57.5 Å². The summed E-state index contributed by atoms with van der Waals surface area (Å²) in [6.45, 7) is 16.9. The van der Waals surface area contributed by atoms with Crippen molar-refractivity contribution >= 4 is 5.97 Å². The summed E-state index contributed by atoms with van der Waals surface area (Å²) in [5.74, 6) is 3.73. The lowest BCUT2D eigenvalue weighted by Crippen LogP contribution is -2.46. The summed E-state index contributed by atoms with van der Waals surface area (Å²) in [6.07, 6.45) is 35.7. The second-order valence-electron chi connectivity index (χ2n) is 17.2. The van der Waals surface area contributed by atoms with Crippen LogP contribution in [0, 0.1) is 46.3 Å². The fourth-order valence-corrected chi connectivity index (χ4v) is 9.89. The van der Waals surface area contributed by atoms with Crippen molar-refractivity contribution < 1.29 is 15.0 Å². The molecule has 270 valence electrons. The normalized spacial score (nSPS) is 31.3. The van der Waals surface area contributed by atoms with Crippen molar-refractivity contribution in [3.05, 3.63) is 35.5 Å². The van der Waals surface area contributed by atoms with Crippen molar-refractivity contribution in [2.75, 3.05) is 0 Å². The third-order valence-corrected chi connectivity index (χ3v) is 13.5. The van der Waals surface area contributed by atoms with Gasteiger partial charge in [-0.15, -0.1) is 0 Å². The van der Waals surface area contributed by atoms with Gasteiger partial charge in [-0.25, -0.2) is 0 Å². The Kier molecular flexibility index (Phi) is 16.8. The Morgan fingerprint density at radius 3 is 1.96 bits per heavy atom. The Morgan fingerprint density at radius 1 is 0.787 bits per heavy atom. The van der Waals surface area contributed by atoms with Crippen LogP contribution in [-0.2, 0) is 4.79 Å². The van der Waals surface area contributed by atoms with Crippen LogP contribution in [0.1, 0.15) is 183 Å². The molecule has 0 amide bonds. The molecule has 0 aromatic heterocycles. The maximum atomic E-state index is 10.3. The lowest BCUT2D eigenvalue weighted by molar-refractivity contribution is -0.137. The molecule has 3 fully saturated rings. The molecule has 0 spiro atoms. The monoisotopic (exact) mass is 653 g/mol. The number of allylic oxidation sites excluding steroid dienone is 5. The highest BCUT2D eigenvalue weighted by molar-refractivity contribution is 5.66. The summed E-state index contributed by atoms with van der Waals surface area (Å²) in [5, 5.41) is 18.7. The Bertz CT molecular complexity index is 1020. The van der Waals surface area contributed by atoms with Gasteiger partial charge < -0.3 is 10.2 Å². The lowest BCUT2D eigenvalue weighted by Gasteiger charge is -2.55. The lowest BCUT2D eigenvalue weighted by atomic mass is 9.50. The predicted molar refractivity (Wildman–Crippen MR) is 201 cm³/mol. The van der Waals surface area contributed by atoms with Gasteiger partial charge in [-0.05, 0) is 97.7 Å². The van der Waals surface area contributed by atoms with Crippen LogP contribution in [0.4, 0.5) is 0 Å². The Morgan fingerprint density at radius 2 is 1.38 bits per heavy atom. The molecular weight excluding hydrogens is 576 g/mol. The first kappa shape index (κ1) is 40.1. The fraction of sp³-hybridized carbons (Fsp3) is 0.841. The second-order valence-corrected chi connectivity index (χ2v) is 17.2. The van der Waals surface area contributed by atoms with Gasteiger partial charge in [0.05, 0.1) is 6.10 Å². The maximum Gasteiger partial charge on any atom is 0.303 e. The van der Waals surface area contributed by atoms with E-state index in [1.807, 2.05) is 0 Å². The molecule has 3 saturated carbocycles. The predicted octanol–water partition coefficient (Wildman–Crippen LogP) is 12.9. The molecule has 4 aliphatic carbocycles. The number of hydrogen-bond acceptors (Lipinski definition) is 2. The highest BCUT2D eigenvalue weighted by Gasteiger charge is 2.56. The smallest absolute Gasteiger partial charge is 0.303 e.